The number of hydrogen-bond acceptors (Lipinski definition) is 7. The first-order valence-corrected chi connectivity index (χ1v) is 11.3. The van der Waals surface area contributed by atoms with Crippen molar-refractivity contribution in [3.8, 4) is 0 Å². The molecule has 0 aliphatic rings. The second-order valence-corrected chi connectivity index (χ2v) is 9.80. The minimum Gasteiger partial charge on any atom is -0.395 e. The van der Waals surface area contributed by atoms with Gasteiger partial charge >= 0.3 is 0 Å². The lowest BCUT2D eigenvalue weighted by Crippen LogP contribution is -2.76. The van der Waals surface area contributed by atoms with Gasteiger partial charge in [0.2, 0.25) is 17.5 Å². The molecule has 0 fully saturated rings. The van der Waals surface area contributed by atoms with Crippen LogP contribution in [-0.4, -0.2) is 79.3 Å². The predicted molar refractivity (Wildman–Crippen MR) is 128 cm³/mol. The van der Waals surface area contributed by atoms with Gasteiger partial charge in [-0.3, -0.25) is 14.4 Å². The van der Waals surface area contributed by atoms with Crippen molar-refractivity contribution in [1.82, 2.24) is 8.01 Å². The Morgan fingerprint density at radius 2 is 1.72 bits per heavy atom. The van der Waals surface area contributed by atoms with E-state index in [-0.39, 0.29) is 17.7 Å². The molecule has 0 saturated carbocycles. The molecule has 6 N–H and O–H groups in total. The van der Waals surface area contributed by atoms with Crippen LogP contribution < -0.4 is 5.73 Å². The molecule has 1 aromatic rings. The molecule has 0 heterocycles. The fourth-order valence-electron chi connectivity index (χ4n) is 2.80. The third-order valence-electron chi connectivity index (χ3n) is 4.12. The van der Waals surface area contributed by atoms with Gasteiger partial charge in [0.15, 0.2) is 7.72 Å². The fraction of sp³-hybridized carbons (Fsp3) is 0.438. The molecule has 0 aliphatic carbocycles. The van der Waals surface area contributed by atoms with E-state index in [0.717, 1.165) is 14.9 Å². The third kappa shape index (κ3) is 5.12. The van der Waals surface area contributed by atoms with Gasteiger partial charge in [-0.15, -0.1) is 0 Å². The van der Waals surface area contributed by atoms with E-state index < -0.39 is 44.3 Å². The van der Waals surface area contributed by atoms with E-state index in [1.165, 1.54) is 92.3 Å². The van der Waals surface area contributed by atoms with Crippen molar-refractivity contribution in [2.75, 3.05) is 19.8 Å². The number of alkyl halides is 2. The van der Waals surface area contributed by atoms with Gasteiger partial charge in [-0.25, -0.2) is 3.11 Å². The van der Waals surface area contributed by atoms with Crippen molar-refractivity contribution in [2.24, 2.45) is 5.73 Å². The van der Waals surface area contributed by atoms with Crippen LogP contribution >= 0.6 is 68.0 Å². The highest BCUT2D eigenvalue weighted by Gasteiger charge is 2.63. The Labute approximate surface area is 208 Å². The van der Waals surface area contributed by atoms with Crippen molar-refractivity contribution in [2.45, 2.75) is 20.3 Å². The summed E-state index contributed by atoms with van der Waals surface area (Å²) in [6.45, 7) is -0.725. The number of hydrogen-bond donors (Lipinski definition) is 5. The van der Waals surface area contributed by atoms with E-state index in [2.05, 4.69) is 0 Å². The Kier molecular flexibility index (Phi) is 9.94. The number of carbonyl (C=O) groups is 3. The number of nitrogens with zero attached hydrogens (tertiary/aromatic N) is 2. The fourth-order valence-corrected chi connectivity index (χ4v) is 7.53. The molecule has 10 nitrogen and oxygen atoms in total. The minimum atomic E-state index is -2.26. The number of aliphatic hydroxyl groups is 4. The van der Waals surface area contributed by atoms with Crippen molar-refractivity contribution >= 4 is 85.8 Å². The number of halogens is 3. The summed E-state index contributed by atoms with van der Waals surface area (Å²) in [5.41, 5.74) is 2.88. The Bertz CT molecular complexity index is 778. The van der Waals surface area contributed by atoms with Gasteiger partial charge in [0.25, 0.3) is 5.91 Å². The highest BCUT2D eigenvalue weighted by Crippen LogP contribution is 2.45. The molecule has 0 saturated heterocycles. The maximum absolute atomic E-state index is 13.3. The second kappa shape index (κ2) is 10.8. The summed E-state index contributed by atoms with van der Waals surface area (Å²) in [4.78, 5) is 38.3. The molecule has 162 valence electrons. The largest absolute Gasteiger partial charge is 0.395 e. The van der Waals surface area contributed by atoms with Crippen molar-refractivity contribution in [3.63, 3.8) is 0 Å². The molecule has 29 heavy (non-hydrogen) atoms. The van der Waals surface area contributed by atoms with Gasteiger partial charge < -0.3 is 31.1 Å². The van der Waals surface area contributed by atoms with Crippen LogP contribution in [0.4, 0.5) is 0 Å². The maximum atomic E-state index is 13.3. The van der Waals surface area contributed by atoms with E-state index in [1.807, 2.05) is 0 Å². The summed E-state index contributed by atoms with van der Waals surface area (Å²) in [5, 5.41) is 40.9. The zero-order valence-corrected chi connectivity index (χ0v) is 21.6. The number of aliphatic hydroxyl groups excluding tert-OH is 3. The molecule has 3 unspecified atom stereocenters. The molecule has 0 radical (unpaired) electrons. The number of rotatable bonds is 9. The lowest BCUT2D eigenvalue weighted by atomic mass is 9.98. The molecule has 0 bridgehead atoms. The van der Waals surface area contributed by atoms with E-state index in [4.69, 9.17) is 5.73 Å². The highest BCUT2D eigenvalue weighted by molar-refractivity contribution is 14.1. The Hall–Kier alpha value is -0.340. The SMILES string of the molecule is CC(=O)N(CCO)C(C(O)I)(N(I)C(=O)c1ccccc1C(N)=O)C(O)(I)CO. The number of primary amides is 1. The first-order valence-electron chi connectivity index (χ1n) is 8.02. The first kappa shape index (κ1) is 26.7. The van der Waals surface area contributed by atoms with Gasteiger partial charge in [0.05, 0.1) is 47.2 Å². The monoisotopic (exact) mass is 747 g/mol. The zero-order valence-electron chi connectivity index (χ0n) is 15.1. The summed E-state index contributed by atoms with van der Waals surface area (Å²) < 4.78 is -3.04. The molecular formula is C16H20I3N3O7. The molecule has 0 aromatic heterocycles. The third-order valence-corrected chi connectivity index (χ3v) is 7.30. The van der Waals surface area contributed by atoms with Crippen molar-refractivity contribution < 1.29 is 34.8 Å². The van der Waals surface area contributed by atoms with Crippen LogP contribution in [-0.2, 0) is 4.79 Å². The van der Waals surface area contributed by atoms with Crippen molar-refractivity contribution in [1.29, 1.82) is 0 Å². The Morgan fingerprint density at radius 1 is 1.21 bits per heavy atom. The lowest BCUT2D eigenvalue weighted by Gasteiger charge is -2.54. The summed E-state index contributed by atoms with van der Waals surface area (Å²) in [5.74, 6) is -2.41. The van der Waals surface area contributed by atoms with Gasteiger partial charge in [0.1, 0.15) is 0 Å². The van der Waals surface area contributed by atoms with Crippen LogP contribution in [0.2, 0.25) is 0 Å². The van der Waals surface area contributed by atoms with Crippen LogP contribution in [0.15, 0.2) is 24.3 Å². The van der Waals surface area contributed by atoms with E-state index >= 15 is 0 Å². The molecular weight excluding hydrogens is 727 g/mol. The summed E-state index contributed by atoms with van der Waals surface area (Å²) in [6, 6.07) is 5.66. The van der Waals surface area contributed by atoms with Gasteiger partial charge in [-0.1, -0.05) is 12.1 Å². The number of nitrogens with two attached hydrogens (primary N) is 1. The van der Waals surface area contributed by atoms with Gasteiger partial charge in [-0.05, 0) is 57.3 Å². The van der Waals surface area contributed by atoms with E-state index in [1.54, 1.807) is 0 Å². The molecule has 0 spiro atoms. The average molecular weight is 747 g/mol. The summed E-state index contributed by atoms with van der Waals surface area (Å²) >= 11 is 4.41. The molecule has 1 aromatic carbocycles. The predicted octanol–water partition coefficient (Wildman–Crippen LogP) is -0.0159. The van der Waals surface area contributed by atoms with Gasteiger partial charge in [-0.2, -0.15) is 0 Å². The first-order chi connectivity index (χ1) is 13.4. The molecule has 3 amide bonds. The van der Waals surface area contributed by atoms with Crippen LogP contribution in [0.1, 0.15) is 27.6 Å². The van der Waals surface area contributed by atoms with E-state index in [9.17, 15) is 34.8 Å². The number of benzene rings is 1. The summed E-state index contributed by atoms with van der Waals surface area (Å²) in [6.07, 6.45) is 0. The topological polar surface area (TPSA) is 165 Å². The summed E-state index contributed by atoms with van der Waals surface area (Å²) in [7, 11) is 0. The Balaban J connectivity index is 3.80. The van der Waals surface area contributed by atoms with Crippen molar-refractivity contribution in [3.05, 3.63) is 35.4 Å². The minimum absolute atomic E-state index is 0.103. The zero-order chi connectivity index (χ0) is 22.6. The normalized spacial score (nSPS) is 16.3. The Morgan fingerprint density at radius 3 is 2.10 bits per heavy atom. The quantitative estimate of drug-likeness (QED) is 0.103. The van der Waals surface area contributed by atoms with E-state index in [0.29, 0.717) is 0 Å². The van der Waals surface area contributed by atoms with Gasteiger partial charge in [0, 0.05) is 13.5 Å². The molecule has 13 heteroatoms. The second-order valence-electron chi connectivity index (χ2n) is 5.87. The van der Waals surface area contributed by atoms with Crippen LogP contribution in [0.3, 0.4) is 0 Å². The lowest BCUT2D eigenvalue weighted by molar-refractivity contribution is -0.166. The molecule has 0 aliphatic heterocycles. The molecule has 3 atom stereocenters. The number of carbonyl (C=O) groups excluding carboxylic acids is 3. The standard InChI is InChI=1S/C16H20I3N3O7/c1-9(25)21(6-7-23)16(14(17)28,15(18,29)8-24)22(19)13(27)11-5-3-2-4-10(11)12(20)26/h2-5,14,23-24,28-29H,6-8H2,1H3,(H2,20,26). The molecule has 1 rings (SSSR count). The maximum Gasteiger partial charge on any atom is 0.265 e. The van der Waals surface area contributed by atoms with Crippen LogP contribution in [0.25, 0.3) is 0 Å². The average Bonchev–Trinajstić information content (AvgIpc) is 2.66. The van der Waals surface area contributed by atoms with Crippen LogP contribution in [0, 0.1) is 0 Å². The smallest absolute Gasteiger partial charge is 0.265 e. The number of amides is 3. The highest BCUT2D eigenvalue weighted by atomic mass is 127. The van der Waals surface area contributed by atoms with Crippen LogP contribution in [0.5, 0.6) is 0 Å².